The smallest absolute Gasteiger partial charge is 0.239 e. The molecule has 0 spiro atoms. The third kappa shape index (κ3) is 5.52. The number of halogens is 1. The number of amides is 1. The molecule has 0 saturated carbocycles. The summed E-state index contributed by atoms with van der Waals surface area (Å²) in [5, 5.41) is 6.28. The van der Waals surface area contributed by atoms with Crippen LogP contribution in [0.1, 0.15) is 40.0 Å². The molecule has 2 N–H and O–H groups in total. The van der Waals surface area contributed by atoms with Crippen molar-refractivity contribution in [2.24, 2.45) is 0 Å². The van der Waals surface area contributed by atoms with Crippen LogP contribution < -0.4 is 10.6 Å². The van der Waals surface area contributed by atoms with Gasteiger partial charge in [-0.1, -0.05) is 39.0 Å². The molecule has 0 aliphatic heterocycles. The molecular weight excluding hydrogens is 260 g/mol. The molecule has 19 heavy (non-hydrogen) atoms. The molecule has 0 fully saturated rings. The molecule has 1 aromatic rings. The summed E-state index contributed by atoms with van der Waals surface area (Å²) in [6.07, 6.45) is 2.91. The number of carbonyl (C=O) groups excluding carboxylic acids is 1. The van der Waals surface area contributed by atoms with Crippen LogP contribution in [0.25, 0.3) is 0 Å². The van der Waals surface area contributed by atoms with Gasteiger partial charge in [0.1, 0.15) is 0 Å². The summed E-state index contributed by atoms with van der Waals surface area (Å²) in [4.78, 5) is 11.9. The summed E-state index contributed by atoms with van der Waals surface area (Å²) in [7, 11) is 0. The fourth-order valence-corrected chi connectivity index (χ4v) is 2.09. The zero-order chi connectivity index (χ0) is 13.4. The highest BCUT2D eigenvalue weighted by atomic mass is 35.5. The second kappa shape index (κ2) is 8.81. The van der Waals surface area contributed by atoms with Crippen LogP contribution >= 0.6 is 12.4 Å². The number of para-hydroxylation sites is 1. The van der Waals surface area contributed by atoms with E-state index in [1.807, 2.05) is 30.3 Å². The zero-order valence-electron chi connectivity index (χ0n) is 12.0. The molecule has 3 nitrogen and oxygen atoms in total. The van der Waals surface area contributed by atoms with E-state index >= 15 is 0 Å². The highest BCUT2D eigenvalue weighted by molar-refractivity contribution is 5.85. The van der Waals surface area contributed by atoms with Crippen LogP contribution in [-0.4, -0.2) is 18.0 Å². The Morgan fingerprint density at radius 2 is 1.58 bits per heavy atom. The lowest BCUT2D eigenvalue weighted by Crippen LogP contribution is -2.49. The molecule has 0 atom stereocenters. The second-order valence-electron chi connectivity index (χ2n) is 4.61. The van der Waals surface area contributed by atoms with Crippen molar-refractivity contribution in [1.82, 2.24) is 5.32 Å². The van der Waals surface area contributed by atoms with Gasteiger partial charge in [-0.15, -0.1) is 12.4 Å². The Morgan fingerprint density at radius 3 is 2.05 bits per heavy atom. The van der Waals surface area contributed by atoms with E-state index in [-0.39, 0.29) is 23.9 Å². The Morgan fingerprint density at radius 1 is 1.05 bits per heavy atom. The second-order valence-corrected chi connectivity index (χ2v) is 4.61. The molecule has 0 unspecified atom stereocenters. The van der Waals surface area contributed by atoms with E-state index in [4.69, 9.17) is 0 Å². The van der Waals surface area contributed by atoms with Crippen molar-refractivity contribution >= 4 is 24.0 Å². The number of hydrogen-bond donors (Lipinski definition) is 2. The molecule has 1 aromatic carbocycles. The highest BCUT2D eigenvalue weighted by Gasteiger charge is 2.25. The van der Waals surface area contributed by atoms with Crippen LogP contribution in [0.3, 0.4) is 0 Å². The van der Waals surface area contributed by atoms with Crippen LogP contribution in [0, 0.1) is 0 Å². The molecule has 0 bridgehead atoms. The minimum absolute atomic E-state index is 0. The molecule has 0 saturated heterocycles. The number of anilines is 1. The normalized spacial score (nSPS) is 10.5. The van der Waals surface area contributed by atoms with Gasteiger partial charge in [0.15, 0.2) is 0 Å². The molecule has 1 rings (SSSR count). The number of rotatable bonds is 7. The lowest BCUT2D eigenvalue weighted by Gasteiger charge is -2.31. The molecule has 108 valence electrons. The van der Waals surface area contributed by atoms with Crippen LogP contribution in [-0.2, 0) is 4.79 Å². The van der Waals surface area contributed by atoms with E-state index in [0.29, 0.717) is 6.54 Å². The first-order valence-electron chi connectivity index (χ1n) is 6.75. The maximum absolute atomic E-state index is 11.9. The first-order chi connectivity index (χ1) is 8.65. The van der Waals surface area contributed by atoms with Crippen LogP contribution in [0.5, 0.6) is 0 Å². The van der Waals surface area contributed by atoms with Gasteiger partial charge in [-0.05, 0) is 31.4 Å². The topological polar surface area (TPSA) is 41.1 Å². The average Bonchev–Trinajstić information content (AvgIpc) is 2.44. The van der Waals surface area contributed by atoms with Crippen molar-refractivity contribution in [3.8, 4) is 0 Å². The Balaban J connectivity index is 0.00000324. The number of nitrogens with one attached hydrogen (secondary N) is 2. The van der Waals surface area contributed by atoms with E-state index in [1.54, 1.807) is 0 Å². The SMILES string of the molecule is CCC(CC)(CC)NC(=O)CNc1ccccc1.Cl. The largest absolute Gasteiger partial charge is 0.376 e. The molecule has 4 heteroatoms. The minimum Gasteiger partial charge on any atom is -0.376 e. The lowest BCUT2D eigenvalue weighted by atomic mass is 9.90. The molecule has 1 amide bonds. The van der Waals surface area contributed by atoms with E-state index in [9.17, 15) is 4.79 Å². The van der Waals surface area contributed by atoms with Crippen molar-refractivity contribution in [2.45, 2.75) is 45.6 Å². The standard InChI is InChI=1S/C15H24N2O.ClH/c1-4-15(5-2,6-3)17-14(18)12-16-13-10-8-7-9-11-13;/h7-11,16H,4-6,12H2,1-3H3,(H,17,18);1H. The number of hydrogen-bond acceptors (Lipinski definition) is 2. The lowest BCUT2D eigenvalue weighted by molar-refractivity contribution is -0.121. The van der Waals surface area contributed by atoms with E-state index in [0.717, 1.165) is 24.9 Å². The van der Waals surface area contributed by atoms with Gasteiger partial charge in [0.05, 0.1) is 6.54 Å². The molecular formula is C15H25ClN2O. The van der Waals surface area contributed by atoms with Gasteiger partial charge >= 0.3 is 0 Å². The number of carbonyl (C=O) groups is 1. The molecule has 0 aromatic heterocycles. The first kappa shape index (κ1) is 17.8. The number of benzene rings is 1. The third-order valence-electron chi connectivity index (χ3n) is 3.66. The average molecular weight is 285 g/mol. The Kier molecular flexibility index (Phi) is 8.24. The summed E-state index contributed by atoms with van der Waals surface area (Å²) < 4.78 is 0. The van der Waals surface area contributed by atoms with Gasteiger partial charge in [-0.25, -0.2) is 0 Å². The monoisotopic (exact) mass is 284 g/mol. The fourth-order valence-electron chi connectivity index (χ4n) is 2.09. The van der Waals surface area contributed by atoms with Crippen LogP contribution in [0.2, 0.25) is 0 Å². The summed E-state index contributed by atoms with van der Waals surface area (Å²) >= 11 is 0. The minimum atomic E-state index is -0.0462. The van der Waals surface area contributed by atoms with E-state index < -0.39 is 0 Å². The summed E-state index contributed by atoms with van der Waals surface area (Å²) in [6.45, 7) is 6.69. The van der Waals surface area contributed by atoms with Gasteiger partial charge in [-0.2, -0.15) is 0 Å². The van der Waals surface area contributed by atoms with Crippen LogP contribution in [0.15, 0.2) is 30.3 Å². The van der Waals surface area contributed by atoms with Gasteiger partial charge in [0.2, 0.25) is 5.91 Å². The maximum Gasteiger partial charge on any atom is 0.239 e. The third-order valence-corrected chi connectivity index (χ3v) is 3.66. The van der Waals surface area contributed by atoms with Crippen molar-refractivity contribution in [3.05, 3.63) is 30.3 Å². The summed E-state index contributed by atoms with van der Waals surface area (Å²) in [5.74, 6) is 0.0596. The Hall–Kier alpha value is -1.22. The van der Waals surface area contributed by atoms with E-state index in [1.165, 1.54) is 0 Å². The Labute approximate surface area is 122 Å². The summed E-state index contributed by atoms with van der Waals surface area (Å²) in [5.41, 5.74) is 0.929. The maximum atomic E-state index is 11.9. The van der Waals surface area contributed by atoms with Crippen molar-refractivity contribution in [3.63, 3.8) is 0 Å². The van der Waals surface area contributed by atoms with Gasteiger partial charge in [0, 0.05) is 11.2 Å². The van der Waals surface area contributed by atoms with Crippen molar-refractivity contribution in [1.29, 1.82) is 0 Å². The molecule has 0 radical (unpaired) electrons. The highest BCUT2D eigenvalue weighted by Crippen LogP contribution is 2.18. The predicted molar refractivity (Wildman–Crippen MR) is 83.9 cm³/mol. The Bertz CT molecular complexity index is 355. The fraction of sp³-hybridized carbons (Fsp3) is 0.533. The molecule has 0 aliphatic carbocycles. The van der Waals surface area contributed by atoms with Gasteiger partial charge in [0.25, 0.3) is 0 Å². The summed E-state index contributed by atoms with van der Waals surface area (Å²) in [6, 6.07) is 9.78. The van der Waals surface area contributed by atoms with Gasteiger partial charge in [-0.3, -0.25) is 4.79 Å². The van der Waals surface area contributed by atoms with Crippen molar-refractivity contribution in [2.75, 3.05) is 11.9 Å². The van der Waals surface area contributed by atoms with Gasteiger partial charge < -0.3 is 10.6 Å². The molecule has 0 aliphatic rings. The predicted octanol–water partition coefficient (Wildman–Crippen LogP) is 3.61. The quantitative estimate of drug-likeness (QED) is 0.803. The molecule has 0 heterocycles. The van der Waals surface area contributed by atoms with Crippen molar-refractivity contribution < 1.29 is 4.79 Å². The van der Waals surface area contributed by atoms with E-state index in [2.05, 4.69) is 31.4 Å². The first-order valence-corrected chi connectivity index (χ1v) is 6.75. The van der Waals surface area contributed by atoms with Crippen LogP contribution in [0.4, 0.5) is 5.69 Å². The zero-order valence-corrected chi connectivity index (χ0v) is 12.8.